The highest BCUT2D eigenvalue weighted by Crippen LogP contribution is 2.30. The zero-order chi connectivity index (χ0) is 13.6. The third kappa shape index (κ3) is 4.61. The topological polar surface area (TPSA) is 26.3 Å². The van der Waals surface area contributed by atoms with Crippen molar-refractivity contribution in [1.82, 2.24) is 0 Å². The molecule has 1 aromatic carbocycles. The maximum Gasteiger partial charge on any atom is 0.395 e. The number of alkyl halides is 3. The van der Waals surface area contributed by atoms with Gasteiger partial charge in [-0.25, -0.2) is 0 Å². The molecule has 2 nitrogen and oxygen atoms in total. The van der Waals surface area contributed by atoms with Crippen LogP contribution in [0.4, 0.5) is 13.2 Å². The molecule has 0 radical (unpaired) electrons. The molecular formula is C13H13F3O2. The van der Waals surface area contributed by atoms with E-state index in [1.807, 2.05) is 0 Å². The first kappa shape index (κ1) is 14.3. The monoisotopic (exact) mass is 258 g/mol. The second-order valence-electron chi connectivity index (χ2n) is 3.70. The Labute approximate surface area is 103 Å². The van der Waals surface area contributed by atoms with Crippen molar-refractivity contribution in [2.75, 3.05) is 7.11 Å². The highest BCUT2D eigenvalue weighted by atomic mass is 19.4. The summed E-state index contributed by atoms with van der Waals surface area (Å²) < 4.78 is 42.2. The predicted octanol–water partition coefficient (Wildman–Crippen LogP) is 3.44. The zero-order valence-electron chi connectivity index (χ0n) is 9.78. The summed E-state index contributed by atoms with van der Waals surface area (Å²) in [6.45, 7) is 0. The molecule has 0 heterocycles. The standard InChI is InChI=1S/C13H13F3O2/c1-18-12(17)9-11(13(14,15)16)8-7-10-5-3-2-4-6-10/h2-8,11H,9H2,1H3/b8-7+. The van der Waals surface area contributed by atoms with Crippen molar-refractivity contribution in [1.29, 1.82) is 0 Å². The van der Waals surface area contributed by atoms with Gasteiger partial charge >= 0.3 is 12.1 Å². The van der Waals surface area contributed by atoms with E-state index >= 15 is 0 Å². The Kier molecular flexibility index (Phi) is 4.95. The molecule has 5 heteroatoms. The van der Waals surface area contributed by atoms with Crippen molar-refractivity contribution < 1.29 is 22.7 Å². The van der Waals surface area contributed by atoms with Crippen LogP contribution >= 0.6 is 0 Å². The molecule has 18 heavy (non-hydrogen) atoms. The number of halogens is 3. The second-order valence-corrected chi connectivity index (χ2v) is 3.70. The second kappa shape index (κ2) is 6.23. The van der Waals surface area contributed by atoms with E-state index in [1.165, 1.54) is 6.08 Å². The molecule has 1 atom stereocenters. The Balaban J connectivity index is 2.79. The highest BCUT2D eigenvalue weighted by Gasteiger charge is 2.39. The van der Waals surface area contributed by atoms with E-state index in [2.05, 4.69) is 4.74 Å². The first-order valence-electron chi connectivity index (χ1n) is 5.30. The van der Waals surface area contributed by atoms with Crippen molar-refractivity contribution in [3.8, 4) is 0 Å². The minimum absolute atomic E-state index is 0.650. The molecule has 0 amide bonds. The molecule has 0 saturated carbocycles. The van der Waals surface area contributed by atoms with Crippen LogP contribution in [0.1, 0.15) is 12.0 Å². The summed E-state index contributed by atoms with van der Waals surface area (Å²) in [5.41, 5.74) is 0.650. The largest absolute Gasteiger partial charge is 0.469 e. The first-order valence-corrected chi connectivity index (χ1v) is 5.30. The number of ether oxygens (including phenoxy) is 1. The molecule has 0 aromatic heterocycles. The SMILES string of the molecule is COC(=O)CC(/C=C/c1ccccc1)C(F)(F)F. The van der Waals surface area contributed by atoms with Gasteiger partial charge in [-0.3, -0.25) is 4.79 Å². The van der Waals surface area contributed by atoms with Gasteiger partial charge in [-0.15, -0.1) is 0 Å². The molecular weight excluding hydrogens is 245 g/mol. The third-order valence-electron chi connectivity index (χ3n) is 2.36. The molecule has 1 aromatic rings. The van der Waals surface area contributed by atoms with Crippen molar-refractivity contribution in [2.24, 2.45) is 5.92 Å². The number of allylic oxidation sites excluding steroid dienone is 1. The molecule has 98 valence electrons. The maximum absolute atomic E-state index is 12.7. The van der Waals surface area contributed by atoms with Crippen LogP contribution in [0.5, 0.6) is 0 Å². The van der Waals surface area contributed by atoms with Crippen LogP contribution < -0.4 is 0 Å². The van der Waals surface area contributed by atoms with E-state index in [4.69, 9.17) is 0 Å². The van der Waals surface area contributed by atoms with Gasteiger partial charge < -0.3 is 4.74 Å². The number of carbonyl (C=O) groups excluding carboxylic acids is 1. The van der Waals surface area contributed by atoms with Gasteiger partial charge in [-0.1, -0.05) is 42.5 Å². The van der Waals surface area contributed by atoms with Gasteiger partial charge in [0, 0.05) is 0 Å². The van der Waals surface area contributed by atoms with Crippen LogP contribution in [-0.4, -0.2) is 19.3 Å². The normalized spacial score (nSPS) is 13.6. The average Bonchev–Trinajstić information content (AvgIpc) is 2.34. The smallest absolute Gasteiger partial charge is 0.395 e. The molecule has 0 bridgehead atoms. The number of methoxy groups -OCH3 is 1. The van der Waals surface area contributed by atoms with Crippen LogP contribution in [0.15, 0.2) is 36.4 Å². The average molecular weight is 258 g/mol. The fourth-order valence-corrected chi connectivity index (χ4v) is 1.35. The van der Waals surface area contributed by atoms with Gasteiger partial charge in [0.1, 0.15) is 0 Å². The van der Waals surface area contributed by atoms with Crippen molar-refractivity contribution in [2.45, 2.75) is 12.6 Å². The van der Waals surface area contributed by atoms with Gasteiger partial charge in [0.25, 0.3) is 0 Å². The van der Waals surface area contributed by atoms with Gasteiger partial charge in [0.05, 0.1) is 19.4 Å². The number of esters is 1. The molecule has 1 rings (SSSR count). The van der Waals surface area contributed by atoms with E-state index < -0.39 is 24.5 Å². The lowest BCUT2D eigenvalue weighted by Gasteiger charge is -2.15. The number of carbonyl (C=O) groups is 1. The summed E-state index contributed by atoms with van der Waals surface area (Å²) in [7, 11) is 1.07. The molecule has 0 fully saturated rings. The maximum atomic E-state index is 12.7. The van der Waals surface area contributed by atoms with Gasteiger partial charge in [-0.2, -0.15) is 13.2 Å². The van der Waals surface area contributed by atoms with Gasteiger partial charge in [-0.05, 0) is 5.56 Å². The minimum Gasteiger partial charge on any atom is -0.469 e. The summed E-state index contributed by atoms with van der Waals surface area (Å²) in [4.78, 5) is 10.9. The lowest BCUT2D eigenvalue weighted by molar-refractivity contribution is -0.172. The number of rotatable bonds is 4. The van der Waals surface area contributed by atoms with E-state index in [0.29, 0.717) is 5.56 Å². The van der Waals surface area contributed by atoms with Crippen LogP contribution in [-0.2, 0) is 9.53 Å². The first-order chi connectivity index (χ1) is 8.43. The fraction of sp³-hybridized carbons (Fsp3) is 0.308. The predicted molar refractivity (Wildman–Crippen MR) is 61.7 cm³/mol. The van der Waals surface area contributed by atoms with E-state index in [0.717, 1.165) is 13.2 Å². The Hall–Kier alpha value is -1.78. The Bertz CT molecular complexity index is 410. The Morgan fingerprint density at radius 2 is 1.94 bits per heavy atom. The summed E-state index contributed by atoms with van der Waals surface area (Å²) >= 11 is 0. The molecule has 0 aliphatic rings. The molecule has 0 N–H and O–H groups in total. The number of benzene rings is 1. The summed E-state index contributed by atoms with van der Waals surface area (Å²) in [6.07, 6.45) is -2.84. The van der Waals surface area contributed by atoms with Crippen LogP contribution in [0, 0.1) is 5.92 Å². The van der Waals surface area contributed by atoms with E-state index in [-0.39, 0.29) is 0 Å². The summed E-state index contributed by atoms with van der Waals surface area (Å²) in [6, 6.07) is 8.59. The zero-order valence-corrected chi connectivity index (χ0v) is 9.78. The third-order valence-corrected chi connectivity index (χ3v) is 2.36. The van der Waals surface area contributed by atoms with Crippen molar-refractivity contribution >= 4 is 12.0 Å². The van der Waals surface area contributed by atoms with Crippen LogP contribution in [0.25, 0.3) is 6.08 Å². The molecule has 0 aliphatic carbocycles. The van der Waals surface area contributed by atoms with E-state index in [1.54, 1.807) is 30.3 Å². The summed E-state index contributed by atoms with van der Waals surface area (Å²) in [5.74, 6) is -2.71. The van der Waals surface area contributed by atoms with Gasteiger partial charge in [0.15, 0.2) is 0 Å². The highest BCUT2D eigenvalue weighted by molar-refractivity contribution is 5.70. The number of hydrogen-bond donors (Lipinski definition) is 0. The quantitative estimate of drug-likeness (QED) is 0.773. The van der Waals surface area contributed by atoms with Gasteiger partial charge in [0.2, 0.25) is 0 Å². The van der Waals surface area contributed by atoms with Crippen molar-refractivity contribution in [3.05, 3.63) is 42.0 Å². The van der Waals surface area contributed by atoms with Crippen LogP contribution in [0.2, 0.25) is 0 Å². The van der Waals surface area contributed by atoms with E-state index in [9.17, 15) is 18.0 Å². The van der Waals surface area contributed by atoms with Crippen molar-refractivity contribution in [3.63, 3.8) is 0 Å². The Morgan fingerprint density at radius 3 is 2.44 bits per heavy atom. The fourth-order valence-electron chi connectivity index (χ4n) is 1.35. The lowest BCUT2D eigenvalue weighted by Crippen LogP contribution is -2.24. The lowest BCUT2D eigenvalue weighted by atomic mass is 10.0. The molecule has 0 aliphatic heterocycles. The Morgan fingerprint density at radius 1 is 1.33 bits per heavy atom. The molecule has 0 spiro atoms. The minimum atomic E-state index is -4.46. The summed E-state index contributed by atoms with van der Waals surface area (Å²) in [5, 5.41) is 0. The molecule has 0 saturated heterocycles. The van der Waals surface area contributed by atoms with Crippen LogP contribution in [0.3, 0.4) is 0 Å². The molecule has 1 unspecified atom stereocenters. The number of hydrogen-bond acceptors (Lipinski definition) is 2.